The van der Waals surface area contributed by atoms with Crippen molar-refractivity contribution in [2.75, 3.05) is 12.4 Å². The van der Waals surface area contributed by atoms with Gasteiger partial charge in [-0.2, -0.15) is 5.26 Å². The average Bonchev–Trinajstić information content (AvgIpc) is 3.19. The number of allylic oxidation sites excluding steroid dienone is 1. The summed E-state index contributed by atoms with van der Waals surface area (Å²) in [6.45, 7) is 4.33. The molecule has 0 saturated carbocycles. The van der Waals surface area contributed by atoms with Gasteiger partial charge in [-0.25, -0.2) is 4.98 Å². The maximum atomic E-state index is 9.52. The average molecular weight is 375 g/mol. The summed E-state index contributed by atoms with van der Waals surface area (Å²) in [6.07, 6.45) is 1.71. The molecule has 0 aliphatic heterocycles. The van der Waals surface area contributed by atoms with E-state index in [1.54, 1.807) is 13.3 Å². The number of aromatic nitrogens is 1. The van der Waals surface area contributed by atoms with Crippen molar-refractivity contribution in [1.82, 2.24) is 4.98 Å². The fourth-order valence-electron chi connectivity index (χ4n) is 2.57. The van der Waals surface area contributed by atoms with Crippen LogP contribution in [0, 0.1) is 11.3 Å². The van der Waals surface area contributed by atoms with Crippen LogP contribution in [0.5, 0.6) is 5.75 Å². The van der Waals surface area contributed by atoms with Crippen LogP contribution in [0.2, 0.25) is 0 Å². The smallest absolute Gasteiger partial charge is 0.136 e. The number of anilines is 1. The second kappa shape index (κ2) is 8.52. The molecule has 0 aliphatic carbocycles. The Labute approximate surface area is 163 Å². The Kier molecular flexibility index (Phi) is 5.90. The van der Waals surface area contributed by atoms with Crippen LogP contribution >= 0.6 is 11.3 Å². The number of ether oxygens (including phenoxy) is 1. The van der Waals surface area contributed by atoms with Crippen LogP contribution in [-0.2, 0) is 0 Å². The molecule has 2 aromatic carbocycles. The van der Waals surface area contributed by atoms with Crippen LogP contribution in [0.3, 0.4) is 0 Å². The second-order valence-electron chi connectivity index (χ2n) is 6.36. The van der Waals surface area contributed by atoms with Crippen LogP contribution in [0.1, 0.15) is 30.3 Å². The van der Waals surface area contributed by atoms with Gasteiger partial charge in [0.05, 0.1) is 12.8 Å². The normalized spacial score (nSPS) is 11.3. The Morgan fingerprint density at radius 2 is 2.00 bits per heavy atom. The molecule has 0 aliphatic rings. The van der Waals surface area contributed by atoms with E-state index >= 15 is 0 Å². The van der Waals surface area contributed by atoms with E-state index in [-0.39, 0.29) is 0 Å². The zero-order chi connectivity index (χ0) is 19.2. The van der Waals surface area contributed by atoms with Crippen LogP contribution in [0.4, 0.5) is 5.69 Å². The fraction of sp³-hybridized carbons (Fsp3) is 0.182. The van der Waals surface area contributed by atoms with Crippen LogP contribution < -0.4 is 10.1 Å². The highest BCUT2D eigenvalue weighted by Gasteiger charge is 2.09. The lowest BCUT2D eigenvalue weighted by Gasteiger charge is -2.06. The van der Waals surface area contributed by atoms with E-state index in [4.69, 9.17) is 4.74 Å². The molecule has 3 rings (SSSR count). The molecule has 0 unspecified atom stereocenters. The number of hydrogen-bond acceptors (Lipinski definition) is 5. The molecule has 0 radical (unpaired) electrons. The van der Waals surface area contributed by atoms with Gasteiger partial charge in [-0.1, -0.05) is 38.1 Å². The number of hydrogen-bond donors (Lipinski definition) is 1. The zero-order valence-electron chi connectivity index (χ0n) is 15.6. The Morgan fingerprint density at radius 1 is 1.22 bits per heavy atom. The number of nitriles is 1. The highest BCUT2D eigenvalue weighted by molar-refractivity contribution is 7.11. The van der Waals surface area contributed by atoms with Crippen molar-refractivity contribution in [3.05, 3.63) is 70.7 Å². The molecule has 1 heterocycles. The van der Waals surface area contributed by atoms with Crippen molar-refractivity contribution < 1.29 is 4.74 Å². The first-order valence-electron chi connectivity index (χ1n) is 8.68. The van der Waals surface area contributed by atoms with Crippen molar-refractivity contribution in [3.63, 3.8) is 0 Å². The molecule has 0 spiro atoms. The summed E-state index contributed by atoms with van der Waals surface area (Å²) >= 11 is 1.45. The van der Waals surface area contributed by atoms with Gasteiger partial charge in [0.1, 0.15) is 22.4 Å². The molecule has 5 heteroatoms. The Balaban J connectivity index is 1.78. The first-order chi connectivity index (χ1) is 13.1. The third-order valence-corrected chi connectivity index (χ3v) is 5.06. The largest absolute Gasteiger partial charge is 0.497 e. The van der Waals surface area contributed by atoms with Crippen molar-refractivity contribution in [2.45, 2.75) is 19.8 Å². The molecular weight excluding hydrogens is 354 g/mol. The molecule has 136 valence electrons. The number of nitrogens with zero attached hydrogens (tertiary/aromatic N) is 2. The molecule has 27 heavy (non-hydrogen) atoms. The number of methoxy groups -OCH3 is 1. The highest BCUT2D eigenvalue weighted by atomic mass is 32.1. The van der Waals surface area contributed by atoms with E-state index < -0.39 is 0 Å². The van der Waals surface area contributed by atoms with Gasteiger partial charge in [-0.15, -0.1) is 11.3 Å². The molecule has 4 nitrogen and oxygen atoms in total. The Bertz CT molecular complexity index is 981. The molecule has 0 fully saturated rings. The number of rotatable bonds is 6. The zero-order valence-corrected chi connectivity index (χ0v) is 16.4. The molecule has 0 atom stereocenters. The maximum absolute atomic E-state index is 9.52. The van der Waals surface area contributed by atoms with E-state index in [1.807, 2.05) is 41.8 Å². The van der Waals surface area contributed by atoms with Gasteiger partial charge < -0.3 is 10.1 Å². The molecule has 0 amide bonds. The van der Waals surface area contributed by atoms with E-state index in [1.165, 1.54) is 16.9 Å². The first kappa shape index (κ1) is 18.7. The van der Waals surface area contributed by atoms with Crippen molar-refractivity contribution >= 4 is 22.6 Å². The summed E-state index contributed by atoms with van der Waals surface area (Å²) in [5.41, 5.74) is 4.52. The van der Waals surface area contributed by atoms with E-state index in [0.717, 1.165) is 22.7 Å². The standard InChI is InChI=1S/C22H21N3OS/c1-15(2)16-7-9-19(10-8-16)24-13-18(12-23)22-25-21(14-27-22)17-5-4-6-20(11-17)26-3/h4-11,13-15,24H,1-3H3/b18-13-. The van der Waals surface area contributed by atoms with Crippen molar-refractivity contribution in [1.29, 1.82) is 5.26 Å². The number of nitrogens with one attached hydrogen (secondary N) is 1. The summed E-state index contributed by atoms with van der Waals surface area (Å²) in [5.74, 6) is 1.28. The SMILES string of the molecule is COc1cccc(-c2csc(/C(C#N)=C\Nc3ccc(C(C)C)cc3)n2)c1. The number of thiazole rings is 1. The van der Waals surface area contributed by atoms with E-state index in [2.05, 4.69) is 42.4 Å². The Hall–Kier alpha value is -3.10. The van der Waals surface area contributed by atoms with E-state index in [0.29, 0.717) is 16.5 Å². The van der Waals surface area contributed by atoms with Crippen LogP contribution in [-0.4, -0.2) is 12.1 Å². The summed E-state index contributed by atoms with van der Waals surface area (Å²) in [5, 5.41) is 15.3. The lowest BCUT2D eigenvalue weighted by molar-refractivity contribution is 0.415. The summed E-state index contributed by atoms with van der Waals surface area (Å²) < 4.78 is 5.26. The van der Waals surface area contributed by atoms with Gasteiger partial charge in [0.25, 0.3) is 0 Å². The van der Waals surface area contributed by atoms with Crippen molar-refractivity contribution in [2.24, 2.45) is 0 Å². The van der Waals surface area contributed by atoms with Gasteiger partial charge >= 0.3 is 0 Å². The minimum absolute atomic E-state index is 0.495. The molecule has 0 bridgehead atoms. The minimum atomic E-state index is 0.495. The molecular formula is C22H21N3OS. The van der Waals surface area contributed by atoms with E-state index in [9.17, 15) is 5.26 Å². The summed E-state index contributed by atoms with van der Waals surface area (Å²) in [6, 6.07) is 18.2. The van der Waals surface area contributed by atoms with Gasteiger partial charge in [0.15, 0.2) is 0 Å². The Morgan fingerprint density at radius 3 is 2.67 bits per heavy atom. The second-order valence-corrected chi connectivity index (χ2v) is 7.22. The number of benzene rings is 2. The third-order valence-electron chi connectivity index (χ3n) is 4.18. The minimum Gasteiger partial charge on any atom is -0.497 e. The summed E-state index contributed by atoms with van der Waals surface area (Å²) in [7, 11) is 1.64. The first-order valence-corrected chi connectivity index (χ1v) is 9.55. The molecule has 1 N–H and O–H groups in total. The van der Waals surface area contributed by atoms with Crippen LogP contribution in [0.25, 0.3) is 16.8 Å². The summed E-state index contributed by atoms with van der Waals surface area (Å²) in [4.78, 5) is 4.61. The monoisotopic (exact) mass is 375 g/mol. The third kappa shape index (κ3) is 4.55. The lowest BCUT2D eigenvalue weighted by Crippen LogP contribution is -1.92. The van der Waals surface area contributed by atoms with Gasteiger partial charge in [0, 0.05) is 22.8 Å². The maximum Gasteiger partial charge on any atom is 0.136 e. The predicted molar refractivity (Wildman–Crippen MR) is 112 cm³/mol. The quantitative estimate of drug-likeness (QED) is 0.543. The lowest BCUT2D eigenvalue weighted by atomic mass is 10.0. The molecule has 3 aromatic rings. The molecule has 0 saturated heterocycles. The van der Waals surface area contributed by atoms with Gasteiger partial charge in [-0.05, 0) is 35.7 Å². The topological polar surface area (TPSA) is 57.9 Å². The fourth-order valence-corrected chi connectivity index (χ4v) is 3.37. The van der Waals surface area contributed by atoms with Crippen LogP contribution in [0.15, 0.2) is 60.1 Å². The predicted octanol–water partition coefficient (Wildman–Crippen LogP) is 5.92. The highest BCUT2D eigenvalue weighted by Crippen LogP contribution is 2.28. The van der Waals surface area contributed by atoms with Crippen molar-refractivity contribution in [3.8, 4) is 23.1 Å². The van der Waals surface area contributed by atoms with Gasteiger partial charge in [0.2, 0.25) is 0 Å². The van der Waals surface area contributed by atoms with Gasteiger partial charge in [-0.3, -0.25) is 0 Å². The molecule has 1 aromatic heterocycles.